The van der Waals surface area contributed by atoms with Gasteiger partial charge < -0.3 is 20.3 Å². The number of aromatic nitrogens is 2. The monoisotopic (exact) mass is 656 g/mol. The van der Waals surface area contributed by atoms with Crippen molar-refractivity contribution in [3.05, 3.63) is 93.8 Å². The number of thiazole rings is 1. The second-order valence-corrected chi connectivity index (χ2v) is 13.6. The largest absolute Gasteiger partial charge is 0.438 e. The zero-order valence-electron chi connectivity index (χ0n) is 26.9. The average molecular weight is 657 g/mol. The molecule has 1 aliphatic heterocycles. The van der Waals surface area contributed by atoms with Gasteiger partial charge in [-0.05, 0) is 94.1 Å². The van der Waals surface area contributed by atoms with Crippen molar-refractivity contribution in [2.45, 2.75) is 57.7 Å². The number of aryl methyl sites for hydroxylation is 1. The van der Waals surface area contributed by atoms with E-state index in [0.29, 0.717) is 37.1 Å². The SMILES string of the molecule is Cc1nc(C(=O)N[C@H]2CC[C@@H](NC(=O)c3cc(F)cnc3Oc3cccc(-c4ccc(CN5CCCN(C)CC5)cc4)c3)CC2)cs1. The predicted octanol–water partition coefficient (Wildman–Crippen LogP) is 6.05. The average Bonchev–Trinajstić information content (AvgIpc) is 3.41. The van der Waals surface area contributed by atoms with Crippen molar-refractivity contribution >= 4 is 23.2 Å². The standard InChI is InChI=1S/C36H41FN6O3S/c1-24-39-33(23-47-24)35(45)41-30-13-11-29(12-14-30)40-34(44)32-20-28(37)21-38-36(32)46-31-6-3-5-27(19-31)26-9-7-25(8-10-26)22-43-16-4-15-42(2)17-18-43/h3,5-10,19-21,23,29-30H,4,11-18,22H2,1-2H3,(H,40,44)(H,41,45)/t29-,30+. The van der Waals surface area contributed by atoms with E-state index in [1.807, 2.05) is 25.1 Å². The van der Waals surface area contributed by atoms with Crippen LogP contribution in [0.1, 0.15) is 63.5 Å². The number of benzene rings is 2. The van der Waals surface area contributed by atoms with E-state index in [0.717, 1.165) is 61.1 Å². The minimum absolute atomic E-state index is 0.0115. The minimum atomic E-state index is -0.618. The molecule has 2 aromatic carbocycles. The molecule has 2 fully saturated rings. The predicted molar refractivity (Wildman–Crippen MR) is 181 cm³/mol. The third-order valence-electron chi connectivity index (χ3n) is 8.87. The van der Waals surface area contributed by atoms with Crippen molar-refractivity contribution < 1.29 is 18.7 Å². The van der Waals surface area contributed by atoms with E-state index >= 15 is 0 Å². The van der Waals surface area contributed by atoms with E-state index in [1.165, 1.54) is 23.3 Å². The molecule has 4 aromatic rings. The van der Waals surface area contributed by atoms with E-state index in [-0.39, 0.29) is 29.4 Å². The highest BCUT2D eigenvalue weighted by molar-refractivity contribution is 7.09. The van der Waals surface area contributed by atoms with Crippen LogP contribution in [-0.2, 0) is 6.54 Å². The summed E-state index contributed by atoms with van der Waals surface area (Å²) < 4.78 is 20.4. The Morgan fingerprint density at radius 2 is 1.68 bits per heavy atom. The van der Waals surface area contributed by atoms with Gasteiger partial charge in [-0.3, -0.25) is 14.5 Å². The fourth-order valence-electron chi connectivity index (χ4n) is 6.21. The van der Waals surface area contributed by atoms with Crippen molar-refractivity contribution in [3.8, 4) is 22.8 Å². The van der Waals surface area contributed by atoms with E-state index in [4.69, 9.17) is 4.74 Å². The van der Waals surface area contributed by atoms with Gasteiger partial charge in [0.2, 0.25) is 5.88 Å². The van der Waals surface area contributed by atoms with Crippen LogP contribution in [0.3, 0.4) is 0 Å². The lowest BCUT2D eigenvalue weighted by atomic mass is 9.91. The van der Waals surface area contributed by atoms with Gasteiger partial charge in [0.15, 0.2) is 0 Å². The second kappa shape index (κ2) is 15.1. The van der Waals surface area contributed by atoms with Gasteiger partial charge in [0.25, 0.3) is 11.8 Å². The molecule has 246 valence electrons. The number of halogens is 1. The summed E-state index contributed by atoms with van der Waals surface area (Å²) in [5, 5.41) is 8.67. The second-order valence-electron chi connectivity index (χ2n) is 12.5. The van der Waals surface area contributed by atoms with Crippen molar-refractivity contribution in [1.29, 1.82) is 0 Å². The van der Waals surface area contributed by atoms with E-state index < -0.39 is 11.7 Å². The lowest BCUT2D eigenvalue weighted by Crippen LogP contribution is -2.44. The third-order valence-corrected chi connectivity index (χ3v) is 9.64. The normalized spacial score (nSPS) is 19.1. The van der Waals surface area contributed by atoms with Crippen molar-refractivity contribution in [2.75, 3.05) is 33.2 Å². The van der Waals surface area contributed by atoms with Gasteiger partial charge >= 0.3 is 0 Å². The van der Waals surface area contributed by atoms with Gasteiger partial charge in [0, 0.05) is 37.1 Å². The first-order valence-electron chi connectivity index (χ1n) is 16.3. The fourth-order valence-corrected chi connectivity index (χ4v) is 6.81. The number of carbonyl (C=O) groups excluding carboxylic acids is 2. The highest BCUT2D eigenvalue weighted by Gasteiger charge is 2.26. The molecular formula is C36H41FN6O3S. The summed E-state index contributed by atoms with van der Waals surface area (Å²) in [6, 6.07) is 17.2. The van der Waals surface area contributed by atoms with E-state index in [2.05, 4.69) is 61.7 Å². The van der Waals surface area contributed by atoms with Crippen LogP contribution < -0.4 is 15.4 Å². The summed E-state index contributed by atoms with van der Waals surface area (Å²) in [5.41, 5.74) is 3.76. The molecule has 2 aliphatic rings. The molecule has 0 atom stereocenters. The number of ether oxygens (including phenoxy) is 1. The molecule has 2 amide bonds. The Bertz CT molecular complexity index is 1690. The van der Waals surface area contributed by atoms with Crippen LogP contribution in [0.4, 0.5) is 4.39 Å². The highest BCUT2D eigenvalue weighted by Crippen LogP contribution is 2.29. The van der Waals surface area contributed by atoms with Crippen molar-refractivity contribution in [2.24, 2.45) is 0 Å². The summed E-state index contributed by atoms with van der Waals surface area (Å²) in [7, 11) is 2.18. The van der Waals surface area contributed by atoms with Gasteiger partial charge in [-0.15, -0.1) is 11.3 Å². The number of likely N-dealkylation sites (N-methyl/N-ethyl adjacent to an activating group) is 1. The van der Waals surface area contributed by atoms with E-state index in [9.17, 15) is 14.0 Å². The number of carbonyl (C=O) groups is 2. The van der Waals surface area contributed by atoms with Crippen LogP contribution in [0, 0.1) is 12.7 Å². The molecule has 0 unspecified atom stereocenters. The number of nitrogens with zero attached hydrogens (tertiary/aromatic N) is 4. The lowest BCUT2D eigenvalue weighted by molar-refractivity contribution is 0.0888. The maximum absolute atomic E-state index is 14.3. The first-order valence-corrected chi connectivity index (χ1v) is 17.1. The summed E-state index contributed by atoms with van der Waals surface area (Å²) in [6.07, 6.45) is 5.03. The molecule has 1 saturated carbocycles. The Hall–Kier alpha value is -4.19. The van der Waals surface area contributed by atoms with Crippen molar-refractivity contribution in [1.82, 2.24) is 30.4 Å². The van der Waals surface area contributed by atoms with Gasteiger partial charge in [-0.1, -0.05) is 36.4 Å². The summed E-state index contributed by atoms with van der Waals surface area (Å²) in [5.74, 6) is -0.696. The quantitative estimate of drug-likeness (QED) is 0.226. The topological polar surface area (TPSA) is 99.7 Å². The van der Waals surface area contributed by atoms with Gasteiger partial charge in [-0.2, -0.15) is 0 Å². The van der Waals surface area contributed by atoms with Crippen LogP contribution in [0.2, 0.25) is 0 Å². The highest BCUT2D eigenvalue weighted by atomic mass is 32.1. The van der Waals surface area contributed by atoms with Crippen LogP contribution >= 0.6 is 11.3 Å². The molecule has 0 spiro atoms. The summed E-state index contributed by atoms with van der Waals surface area (Å²) in [4.78, 5) is 39.1. The maximum Gasteiger partial charge on any atom is 0.270 e. The number of pyridine rings is 1. The third kappa shape index (κ3) is 8.79. The molecule has 11 heteroatoms. The zero-order valence-corrected chi connectivity index (χ0v) is 27.7. The zero-order chi connectivity index (χ0) is 32.8. The van der Waals surface area contributed by atoms with Gasteiger partial charge in [-0.25, -0.2) is 14.4 Å². The maximum atomic E-state index is 14.3. The van der Waals surface area contributed by atoms with Crippen LogP contribution in [0.25, 0.3) is 11.1 Å². The minimum Gasteiger partial charge on any atom is -0.438 e. The van der Waals surface area contributed by atoms with Crippen LogP contribution in [-0.4, -0.2) is 76.9 Å². The molecule has 0 radical (unpaired) electrons. The number of nitrogens with one attached hydrogen (secondary N) is 2. The Balaban J connectivity index is 1.06. The lowest BCUT2D eigenvalue weighted by Gasteiger charge is -2.29. The summed E-state index contributed by atoms with van der Waals surface area (Å²) >= 11 is 1.44. The molecular weight excluding hydrogens is 616 g/mol. The summed E-state index contributed by atoms with van der Waals surface area (Å²) in [6.45, 7) is 7.22. The molecule has 9 nitrogen and oxygen atoms in total. The fraction of sp³-hybridized carbons (Fsp3) is 0.389. The van der Waals surface area contributed by atoms with Gasteiger partial charge in [0.05, 0.1) is 11.2 Å². The van der Waals surface area contributed by atoms with Crippen molar-refractivity contribution in [3.63, 3.8) is 0 Å². The number of rotatable bonds is 9. The Labute approximate surface area is 279 Å². The molecule has 47 heavy (non-hydrogen) atoms. The number of hydrogen-bond donors (Lipinski definition) is 2. The first-order chi connectivity index (χ1) is 22.8. The molecule has 0 bridgehead atoms. The van der Waals surface area contributed by atoms with Crippen LogP contribution in [0.15, 0.2) is 66.2 Å². The molecule has 6 rings (SSSR count). The van der Waals surface area contributed by atoms with Gasteiger partial charge in [0.1, 0.15) is 22.8 Å². The molecule has 3 heterocycles. The van der Waals surface area contributed by atoms with Crippen LogP contribution in [0.5, 0.6) is 11.6 Å². The van der Waals surface area contributed by atoms with E-state index in [1.54, 1.807) is 11.4 Å². The number of amides is 2. The Morgan fingerprint density at radius 1 is 0.936 bits per heavy atom. The molecule has 1 aliphatic carbocycles. The molecule has 2 N–H and O–H groups in total. The Kier molecular flexibility index (Phi) is 10.5. The molecule has 1 saturated heterocycles. The molecule has 2 aromatic heterocycles. The first kappa shape index (κ1) is 32.7. The Morgan fingerprint density at radius 3 is 2.40 bits per heavy atom. The number of hydrogen-bond acceptors (Lipinski definition) is 8. The smallest absolute Gasteiger partial charge is 0.270 e.